The molecule has 0 heterocycles. The molecule has 15 heavy (non-hydrogen) atoms. The van der Waals surface area contributed by atoms with Gasteiger partial charge in [-0.3, -0.25) is 0 Å². The second-order valence-corrected chi connectivity index (χ2v) is 3.54. The van der Waals surface area contributed by atoms with Crippen LogP contribution in [0.15, 0.2) is 18.2 Å². The number of hydrogen-bond donors (Lipinski definition) is 3. The molecule has 0 aliphatic carbocycles. The minimum absolute atomic E-state index is 0.0138. The minimum Gasteiger partial charge on any atom is -0.508 e. The average Bonchev–Trinajstić information content (AvgIpc) is 2.23. The molecule has 3 N–H and O–H groups in total. The maximum Gasteiger partial charge on any atom is 0.142 e. The number of ether oxygens (including phenoxy) is 1. The molecule has 0 aromatic heterocycles. The summed E-state index contributed by atoms with van der Waals surface area (Å²) >= 11 is 0. The predicted molar refractivity (Wildman–Crippen MR) is 55.7 cm³/mol. The van der Waals surface area contributed by atoms with E-state index < -0.39 is 18.8 Å². The number of hydrogen-bond acceptors (Lipinski definition) is 4. The lowest BCUT2D eigenvalue weighted by atomic mass is 9.93. The van der Waals surface area contributed by atoms with Gasteiger partial charge >= 0.3 is 0 Å². The Morgan fingerprint density at radius 3 is 2.27 bits per heavy atom. The van der Waals surface area contributed by atoms with Crippen molar-refractivity contribution in [1.29, 1.82) is 0 Å². The number of phenolic OH excluding ortho intramolecular Hbond substituents is 1. The van der Waals surface area contributed by atoms with Gasteiger partial charge in [-0.1, -0.05) is 12.1 Å². The molecule has 0 unspecified atom stereocenters. The third-order valence-electron chi connectivity index (χ3n) is 2.55. The van der Waals surface area contributed by atoms with Crippen LogP contribution in [-0.4, -0.2) is 35.6 Å². The molecule has 0 saturated carbocycles. The van der Waals surface area contributed by atoms with Crippen molar-refractivity contribution in [1.82, 2.24) is 0 Å². The first kappa shape index (κ1) is 12.0. The number of aliphatic hydroxyl groups is 2. The monoisotopic (exact) mass is 212 g/mol. The lowest BCUT2D eigenvalue weighted by Gasteiger charge is -2.29. The van der Waals surface area contributed by atoms with Crippen molar-refractivity contribution >= 4 is 0 Å². The topological polar surface area (TPSA) is 69.9 Å². The summed E-state index contributed by atoms with van der Waals surface area (Å²) < 4.78 is 5.08. The molecule has 1 aromatic carbocycles. The fourth-order valence-electron chi connectivity index (χ4n) is 1.49. The van der Waals surface area contributed by atoms with E-state index >= 15 is 0 Å². The van der Waals surface area contributed by atoms with E-state index in [1.165, 1.54) is 7.11 Å². The summed E-state index contributed by atoms with van der Waals surface area (Å²) in [5.41, 5.74) is 0.0513. The first-order valence-electron chi connectivity index (χ1n) is 4.66. The molecule has 84 valence electrons. The van der Waals surface area contributed by atoms with Crippen LogP contribution in [0, 0.1) is 6.92 Å². The van der Waals surface area contributed by atoms with Gasteiger partial charge in [-0.15, -0.1) is 0 Å². The maximum absolute atomic E-state index is 9.72. The lowest BCUT2D eigenvalue weighted by molar-refractivity contribution is -0.0917. The van der Waals surface area contributed by atoms with E-state index in [1.54, 1.807) is 18.2 Å². The minimum atomic E-state index is -1.24. The molecule has 4 nitrogen and oxygen atoms in total. The third-order valence-corrected chi connectivity index (χ3v) is 2.55. The zero-order chi connectivity index (χ0) is 11.5. The van der Waals surface area contributed by atoms with E-state index in [-0.39, 0.29) is 5.75 Å². The molecule has 0 saturated heterocycles. The largest absolute Gasteiger partial charge is 0.508 e. The molecule has 1 aromatic rings. The summed E-state index contributed by atoms with van der Waals surface area (Å²) in [5.74, 6) is 0.0138. The Bertz CT molecular complexity index is 323. The molecule has 0 atom stereocenters. The average molecular weight is 212 g/mol. The van der Waals surface area contributed by atoms with Crippen molar-refractivity contribution in [3.8, 4) is 5.75 Å². The maximum atomic E-state index is 9.72. The summed E-state index contributed by atoms with van der Waals surface area (Å²) in [6.45, 7) is 1.06. The molecule has 0 aliphatic rings. The predicted octanol–water partition coefficient (Wildman–Crippen LogP) is 0.527. The fraction of sp³-hybridized carbons (Fsp3) is 0.455. The molecule has 0 radical (unpaired) electrons. The van der Waals surface area contributed by atoms with Gasteiger partial charge in [0.05, 0.1) is 13.2 Å². The highest BCUT2D eigenvalue weighted by atomic mass is 16.5. The Morgan fingerprint density at radius 2 is 1.87 bits per heavy atom. The standard InChI is InChI=1S/C11H16O4/c1-8-3-4-9(10(14)5-8)11(6-12,7-13)15-2/h3-5,12-14H,6-7H2,1-2H3. The van der Waals surface area contributed by atoms with Crippen LogP contribution >= 0.6 is 0 Å². The Labute approximate surface area is 88.8 Å². The van der Waals surface area contributed by atoms with Crippen molar-refractivity contribution in [2.24, 2.45) is 0 Å². The Hall–Kier alpha value is -1.10. The van der Waals surface area contributed by atoms with Crippen LogP contribution in [0.25, 0.3) is 0 Å². The third kappa shape index (κ3) is 2.12. The number of aryl methyl sites for hydroxylation is 1. The van der Waals surface area contributed by atoms with Crippen LogP contribution in [0.3, 0.4) is 0 Å². The SMILES string of the molecule is COC(CO)(CO)c1ccc(C)cc1O. The molecular weight excluding hydrogens is 196 g/mol. The molecule has 0 spiro atoms. The summed E-state index contributed by atoms with van der Waals surface area (Å²) in [4.78, 5) is 0. The first-order valence-corrected chi connectivity index (χ1v) is 4.66. The van der Waals surface area contributed by atoms with Crippen molar-refractivity contribution in [3.63, 3.8) is 0 Å². The van der Waals surface area contributed by atoms with Crippen LogP contribution in [-0.2, 0) is 10.3 Å². The van der Waals surface area contributed by atoms with Crippen molar-refractivity contribution < 1.29 is 20.1 Å². The number of methoxy groups -OCH3 is 1. The Kier molecular flexibility index (Phi) is 3.68. The number of aromatic hydroxyl groups is 1. The van der Waals surface area contributed by atoms with Crippen molar-refractivity contribution in [2.75, 3.05) is 20.3 Å². The van der Waals surface area contributed by atoms with E-state index in [2.05, 4.69) is 0 Å². The highest BCUT2D eigenvalue weighted by Crippen LogP contribution is 2.32. The van der Waals surface area contributed by atoms with Crippen LogP contribution in [0.2, 0.25) is 0 Å². The van der Waals surface area contributed by atoms with Crippen LogP contribution < -0.4 is 0 Å². The number of phenols is 1. The zero-order valence-electron chi connectivity index (χ0n) is 8.90. The van der Waals surface area contributed by atoms with Gasteiger partial charge in [-0.2, -0.15) is 0 Å². The molecule has 0 aliphatic heterocycles. The molecule has 0 amide bonds. The van der Waals surface area contributed by atoms with Crippen molar-refractivity contribution in [3.05, 3.63) is 29.3 Å². The first-order chi connectivity index (χ1) is 7.09. The van der Waals surface area contributed by atoms with Gasteiger partial charge in [0.2, 0.25) is 0 Å². The zero-order valence-corrected chi connectivity index (χ0v) is 8.90. The number of aliphatic hydroxyl groups excluding tert-OH is 2. The quantitative estimate of drug-likeness (QED) is 0.680. The number of benzene rings is 1. The van der Waals surface area contributed by atoms with Gasteiger partial charge in [0, 0.05) is 12.7 Å². The summed E-state index contributed by atoms with van der Waals surface area (Å²) in [5, 5.41) is 28.2. The van der Waals surface area contributed by atoms with E-state index in [1.807, 2.05) is 6.92 Å². The van der Waals surface area contributed by atoms with Gasteiger partial charge in [-0.25, -0.2) is 0 Å². The van der Waals surface area contributed by atoms with E-state index in [9.17, 15) is 15.3 Å². The fourth-order valence-corrected chi connectivity index (χ4v) is 1.49. The Morgan fingerprint density at radius 1 is 1.27 bits per heavy atom. The molecule has 0 bridgehead atoms. The van der Waals surface area contributed by atoms with Crippen LogP contribution in [0.1, 0.15) is 11.1 Å². The normalized spacial score (nSPS) is 11.7. The summed E-state index contributed by atoms with van der Waals surface area (Å²) in [6.07, 6.45) is 0. The van der Waals surface area contributed by atoms with Gasteiger partial charge < -0.3 is 20.1 Å². The van der Waals surface area contributed by atoms with Crippen LogP contribution in [0.4, 0.5) is 0 Å². The van der Waals surface area contributed by atoms with E-state index in [4.69, 9.17) is 4.74 Å². The second-order valence-electron chi connectivity index (χ2n) is 3.54. The molecule has 1 rings (SSSR count). The smallest absolute Gasteiger partial charge is 0.142 e. The summed E-state index contributed by atoms with van der Waals surface area (Å²) in [6, 6.07) is 4.99. The van der Waals surface area contributed by atoms with Gasteiger partial charge in [0.15, 0.2) is 0 Å². The van der Waals surface area contributed by atoms with Crippen LogP contribution in [0.5, 0.6) is 5.75 Å². The van der Waals surface area contributed by atoms with E-state index in [0.717, 1.165) is 5.56 Å². The lowest BCUT2D eigenvalue weighted by Crippen LogP contribution is -2.36. The van der Waals surface area contributed by atoms with Gasteiger partial charge in [0.1, 0.15) is 11.4 Å². The van der Waals surface area contributed by atoms with Crippen molar-refractivity contribution in [2.45, 2.75) is 12.5 Å². The summed E-state index contributed by atoms with van der Waals surface area (Å²) in [7, 11) is 1.38. The molecule has 0 fully saturated rings. The molecule has 4 heteroatoms. The highest BCUT2D eigenvalue weighted by Gasteiger charge is 2.33. The molecular formula is C11H16O4. The second kappa shape index (κ2) is 4.61. The van der Waals surface area contributed by atoms with E-state index in [0.29, 0.717) is 5.56 Å². The Balaban J connectivity index is 3.22. The highest BCUT2D eigenvalue weighted by molar-refractivity contribution is 5.40. The van der Waals surface area contributed by atoms with Gasteiger partial charge in [0.25, 0.3) is 0 Å². The van der Waals surface area contributed by atoms with Gasteiger partial charge in [-0.05, 0) is 18.6 Å². The number of rotatable bonds is 4.